The van der Waals surface area contributed by atoms with Crippen LogP contribution in [-0.4, -0.2) is 37.7 Å². The summed E-state index contributed by atoms with van der Waals surface area (Å²) in [4.78, 5) is 22.3. The van der Waals surface area contributed by atoms with Crippen molar-refractivity contribution in [2.75, 3.05) is 7.11 Å². The van der Waals surface area contributed by atoms with E-state index in [9.17, 15) is 4.79 Å². The van der Waals surface area contributed by atoms with Crippen molar-refractivity contribution in [2.24, 2.45) is 7.05 Å². The molecule has 2 N–H and O–H groups in total. The van der Waals surface area contributed by atoms with Crippen molar-refractivity contribution >= 4 is 17.0 Å². The van der Waals surface area contributed by atoms with Gasteiger partial charge in [0.2, 0.25) is 0 Å². The Morgan fingerprint density at radius 1 is 1.45 bits per heavy atom. The predicted octanol–water partition coefficient (Wildman–Crippen LogP) is 1.67. The number of aromatic carboxylic acids is 1. The first-order valence-electron chi connectivity index (χ1n) is 5.89. The second-order valence-corrected chi connectivity index (χ2v) is 4.28. The van der Waals surface area contributed by atoms with Gasteiger partial charge in [-0.25, -0.2) is 14.8 Å². The van der Waals surface area contributed by atoms with E-state index in [1.165, 1.54) is 6.33 Å². The molecule has 7 heteroatoms. The highest BCUT2D eigenvalue weighted by atomic mass is 16.5. The molecule has 0 aliphatic rings. The highest BCUT2D eigenvalue weighted by Crippen LogP contribution is 2.26. The van der Waals surface area contributed by atoms with Gasteiger partial charge in [0, 0.05) is 13.1 Å². The number of H-pyrrole nitrogens is 1. The minimum Gasteiger partial charge on any atom is -0.497 e. The lowest BCUT2D eigenvalue weighted by Crippen LogP contribution is -2.02. The van der Waals surface area contributed by atoms with Gasteiger partial charge < -0.3 is 19.4 Å². The number of hydrogen-bond donors (Lipinski definition) is 2. The van der Waals surface area contributed by atoms with Gasteiger partial charge in [-0.2, -0.15) is 0 Å². The summed E-state index contributed by atoms with van der Waals surface area (Å²) in [6, 6.07) is 5.50. The maximum absolute atomic E-state index is 11.2. The fraction of sp³-hybridized carbons (Fsp3) is 0.154. The van der Waals surface area contributed by atoms with Crippen LogP contribution in [-0.2, 0) is 7.05 Å². The molecule has 0 bridgehead atoms. The molecule has 0 saturated heterocycles. The Hall–Kier alpha value is -2.83. The van der Waals surface area contributed by atoms with Gasteiger partial charge in [-0.15, -0.1) is 0 Å². The second kappa shape index (κ2) is 4.37. The number of hydrogen-bond acceptors (Lipinski definition) is 4. The van der Waals surface area contributed by atoms with Crippen LogP contribution in [0.4, 0.5) is 0 Å². The molecular weight excluding hydrogens is 260 g/mol. The summed E-state index contributed by atoms with van der Waals surface area (Å²) in [5.41, 5.74) is 1.94. The Morgan fingerprint density at radius 2 is 2.25 bits per heavy atom. The van der Waals surface area contributed by atoms with Crippen LogP contribution < -0.4 is 4.74 Å². The molecule has 0 spiro atoms. The monoisotopic (exact) mass is 272 g/mol. The van der Waals surface area contributed by atoms with Crippen molar-refractivity contribution in [3.05, 3.63) is 30.2 Å². The first-order valence-corrected chi connectivity index (χ1v) is 5.89. The number of ether oxygens (including phenoxy) is 1. The summed E-state index contributed by atoms with van der Waals surface area (Å²) in [7, 11) is 3.40. The number of aryl methyl sites for hydroxylation is 1. The van der Waals surface area contributed by atoms with Crippen molar-refractivity contribution in [2.45, 2.75) is 0 Å². The zero-order valence-corrected chi connectivity index (χ0v) is 10.9. The lowest BCUT2D eigenvalue weighted by atomic mass is 10.3. The normalized spacial score (nSPS) is 10.9. The summed E-state index contributed by atoms with van der Waals surface area (Å²) in [6.07, 6.45) is 1.35. The number of carboxylic acids is 1. The Labute approximate surface area is 113 Å². The van der Waals surface area contributed by atoms with Gasteiger partial charge in [0.1, 0.15) is 11.4 Å². The van der Waals surface area contributed by atoms with Crippen LogP contribution in [0.5, 0.6) is 5.75 Å². The number of nitrogens with zero attached hydrogens (tertiary/aromatic N) is 3. The number of nitrogens with one attached hydrogen (secondary N) is 1. The molecule has 3 rings (SSSR count). The summed E-state index contributed by atoms with van der Waals surface area (Å²) in [6.45, 7) is 0. The van der Waals surface area contributed by atoms with Gasteiger partial charge in [0.05, 0.1) is 24.5 Å². The highest BCUT2D eigenvalue weighted by Gasteiger charge is 2.20. The Morgan fingerprint density at radius 3 is 2.95 bits per heavy atom. The highest BCUT2D eigenvalue weighted by molar-refractivity contribution is 5.93. The lowest BCUT2D eigenvalue weighted by molar-refractivity contribution is 0.0692. The number of aromatic amines is 1. The first kappa shape index (κ1) is 12.2. The Balaban J connectivity index is 2.24. The van der Waals surface area contributed by atoms with E-state index in [1.54, 1.807) is 17.7 Å². The van der Waals surface area contributed by atoms with E-state index < -0.39 is 5.97 Å². The minimum atomic E-state index is -1.07. The number of aromatic nitrogens is 4. The van der Waals surface area contributed by atoms with E-state index in [0.29, 0.717) is 17.3 Å². The standard InChI is InChI=1S/C13H12N4O3/c1-17-9-4-3-7(20-2)5-8(9)16-12(17)10-11(13(18)19)15-6-14-10/h3-6H,1-2H3,(H,14,15)(H,18,19). The molecule has 2 heterocycles. The Kier molecular flexibility index (Phi) is 2.67. The molecule has 3 aromatic rings. The molecule has 0 atom stereocenters. The molecule has 1 aromatic carbocycles. The van der Waals surface area contributed by atoms with E-state index in [0.717, 1.165) is 11.0 Å². The van der Waals surface area contributed by atoms with Crippen molar-refractivity contribution in [1.82, 2.24) is 19.5 Å². The van der Waals surface area contributed by atoms with E-state index in [-0.39, 0.29) is 5.69 Å². The molecule has 0 fully saturated rings. The number of benzene rings is 1. The second-order valence-electron chi connectivity index (χ2n) is 4.28. The molecule has 2 aromatic heterocycles. The topological polar surface area (TPSA) is 93.0 Å². The lowest BCUT2D eigenvalue weighted by Gasteiger charge is -2.01. The van der Waals surface area contributed by atoms with E-state index in [1.807, 2.05) is 19.2 Å². The summed E-state index contributed by atoms with van der Waals surface area (Å²) < 4.78 is 6.96. The van der Waals surface area contributed by atoms with Crippen molar-refractivity contribution < 1.29 is 14.6 Å². The third kappa shape index (κ3) is 1.71. The third-order valence-corrected chi connectivity index (χ3v) is 3.15. The molecule has 0 saturated carbocycles. The summed E-state index contributed by atoms with van der Waals surface area (Å²) >= 11 is 0. The van der Waals surface area contributed by atoms with Gasteiger partial charge >= 0.3 is 5.97 Å². The maximum Gasteiger partial charge on any atom is 0.354 e. The van der Waals surface area contributed by atoms with E-state index in [4.69, 9.17) is 9.84 Å². The molecule has 0 radical (unpaired) electrons. The number of methoxy groups -OCH3 is 1. The third-order valence-electron chi connectivity index (χ3n) is 3.15. The molecule has 7 nitrogen and oxygen atoms in total. The molecule has 0 amide bonds. The zero-order valence-electron chi connectivity index (χ0n) is 10.9. The van der Waals surface area contributed by atoms with Crippen molar-refractivity contribution in [3.63, 3.8) is 0 Å². The number of carboxylic acid groups (broad SMARTS) is 1. The van der Waals surface area contributed by atoms with Gasteiger partial charge in [0.25, 0.3) is 0 Å². The Bertz CT molecular complexity index is 803. The van der Waals surface area contributed by atoms with E-state index in [2.05, 4.69) is 15.0 Å². The average Bonchev–Trinajstić information content (AvgIpc) is 3.03. The number of carbonyl (C=O) groups is 1. The smallest absolute Gasteiger partial charge is 0.354 e. The van der Waals surface area contributed by atoms with Crippen molar-refractivity contribution in [1.29, 1.82) is 0 Å². The van der Waals surface area contributed by atoms with Crippen LogP contribution in [0, 0.1) is 0 Å². The molecular formula is C13H12N4O3. The first-order chi connectivity index (χ1) is 9.61. The SMILES string of the molecule is COc1ccc2c(c1)nc(-c1nc[nH]c1C(=O)O)n2C. The summed E-state index contributed by atoms with van der Waals surface area (Å²) in [5, 5.41) is 9.14. The van der Waals surface area contributed by atoms with Crippen LogP contribution >= 0.6 is 0 Å². The fourth-order valence-corrected chi connectivity index (χ4v) is 2.15. The molecule has 20 heavy (non-hydrogen) atoms. The predicted molar refractivity (Wildman–Crippen MR) is 71.8 cm³/mol. The van der Waals surface area contributed by atoms with Crippen LogP contribution in [0.1, 0.15) is 10.5 Å². The maximum atomic E-state index is 11.2. The van der Waals surface area contributed by atoms with Gasteiger partial charge in [-0.3, -0.25) is 0 Å². The largest absolute Gasteiger partial charge is 0.497 e. The van der Waals surface area contributed by atoms with Crippen LogP contribution in [0.2, 0.25) is 0 Å². The fourth-order valence-electron chi connectivity index (χ4n) is 2.15. The minimum absolute atomic E-state index is 0.0235. The van der Waals surface area contributed by atoms with Gasteiger partial charge in [-0.05, 0) is 12.1 Å². The molecule has 0 unspecified atom stereocenters. The average molecular weight is 272 g/mol. The van der Waals surface area contributed by atoms with Gasteiger partial charge in [-0.1, -0.05) is 0 Å². The molecule has 102 valence electrons. The van der Waals surface area contributed by atoms with Crippen LogP contribution in [0.15, 0.2) is 24.5 Å². The number of fused-ring (bicyclic) bond motifs is 1. The summed E-state index contributed by atoms with van der Waals surface area (Å²) in [5.74, 6) is 0.122. The number of imidazole rings is 2. The van der Waals surface area contributed by atoms with E-state index >= 15 is 0 Å². The van der Waals surface area contributed by atoms with Crippen LogP contribution in [0.3, 0.4) is 0 Å². The zero-order chi connectivity index (χ0) is 14.3. The van der Waals surface area contributed by atoms with Crippen molar-refractivity contribution in [3.8, 4) is 17.3 Å². The van der Waals surface area contributed by atoms with Gasteiger partial charge in [0.15, 0.2) is 11.5 Å². The molecule has 0 aliphatic carbocycles. The molecule has 0 aliphatic heterocycles. The number of rotatable bonds is 3. The quantitative estimate of drug-likeness (QED) is 0.756. The van der Waals surface area contributed by atoms with Crippen LogP contribution in [0.25, 0.3) is 22.6 Å².